The second-order valence-corrected chi connectivity index (χ2v) is 8.37. The van der Waals surface area contributed by atoms with Crippen molar-refractivity contribution in [3.05, 3.63) is 84.5 Å². The van der Waals surface area contributed by atoms with Gasteiger partial charge in [-0.25, -0.2) is 23.6 Å². The lowest BCUT2D eigenvalue weighted by Gasteiger charge is -2.26. The van der Waals surface area contributed by atoms with E-state index in [-0.39, 0.29) is 19.3 Å². The minimum absolute atomic E-state index is 0.0452. The Morgan fingerprint density at radius 2 is 1.97 bits per heavy atom. The number of aliphatic hydroxyl groups is 1. The smallest absolute Gasteiger partial charge is 0.161 e. The first-order chi connectivity index (χ1) is 18.0. The van der Waals surface area contributed by atoms with Gasteiger partial charge >= 0.3 is 0 Å². The van der Waals surface area contributed by atoms with Crippen LogP contribution in [-0.4, -0.2) is 54.7 Å². The Morgan fingerprint density at radius 1 is 1.11 bits per heavy atom. The second kappa shape index (κ2) is 10.0. The molecule has 0 spiro atoms. The Morgan fingerprint density at radius 3 is 2.62 bits per heavy atom. The van der Waals surface area contributed by atoms with Gasteiger partial charge in [0.2, 0.25) is 0 Å². The van der Waals surface area contributed by atoms with E-state index in [1.165, 1.54) is 17.1 Å². The van der Waals surface area contributed by atoms with Crippen LogP contribution in [0.25, 0.3) is 22.5 Å². The van der Waals surface area contributed by atoms with Gasteiger partial charge in [-0.3, -0.25) is 0 Å². The summed E-state index contributed by atoms with van der Waals surface area (Å²) in [6.07, 6.45) is 9.07. The van der Waals surface area contributed by atoms with Crippen LogP contribution in [0.4, 0.5) is 10.2 Å². The lowest BCUT2D eigenvalue weighted by Crippen LogP contribution is -2.22. The molecule has 10 nitrogen and oxygen atoms in total. The van der Waals surface area contributed by atoms with Crippen molar-refractivity contribution in [1.82, 2.24) is 29.4 Å². The molecule has 0 aliphatic carbocycles. The summed E-state index contributed by atoms with van der Waals surface area (Å²) in [5.41, 5.74) is 3.58. The molecule has 5 aromatic heterocycles. The normalized spacial score (nSPS) is 11.9. The fraction of sp³-hybridized carbons (Fsp3) is 0.192. The van der Waals surface area contributed by atoms with Crippen molar-refractivity contribution in [2.75, 3.05) is 25.2 Å². The molecule has 1 atom stereocenters. The zero-order chi connectivity index (χ0) is 25.9. The molecule has 0 saturated heterocycles. The monoisotopic (exact) mass is 498 g/mol. The molecule has 0 bridgehead atoms. The Labute approximate surface area is 211 Å². The average molecular weight is 499 g/mol. The molecule has 0 aromatic carbocycles. The van der Waals surface area contributed by atoms with Crippen LogP contribution in [0.15, 0.2) is 67.5 Å². The van der Waals surface area contributed by atoms with Crippen LogP contribution in [0.2, 0.25) is 0 Å². The third-order valence-electron chi connectivity index (χ3n) is 6.11. The van der Waals surface area contributed by atoms with Crippen LogP contribution >= 0.6 is 0 Å². The summed E-state index contributed by atoms with van der Waals surface area (Å²) >= 11 is 0. The summed E-state index contributed by atoms with van der Waals surface area (Å²) in [5, 5.41) is 26.9. The lowest BCUT2D eigenvalue weighted by atomic mass is 10.0. The summed E-state index contributed by atoms with van der Waals surface area (Å²) in [6.45, 7) is 2.07. The molecule has 37 heavy (non-hydrogen) atoms. The van der Waals surface area contributed by atoms with Gasteiger partial charge in [-0.05, 0) is 36.8 Å². The van der Waals surface area contributed by atoms with Gasteiger partial charge in [0.25, 0.3) is 0 Å². The number of rotatable bonds is 8. The predicted octanol–water partition coefficient (Wildman–Crippen LogP) is 3.56. The number of aliphatic hydroxyl groups excluding tert-OH is 1. The largest absolute Gasteiger partial charge is 0.490 e. The molecule has 186 valence electrons. The Bertz CT molecular complexity index is 1570. The molecule has 0 aliphatic heterocycles. The molecule has 0 amide bonds. The highest BCUT2D eigenvalue weighted by Crippen LogP contribution is 2.32. The Kier molecular flexibility index (Phi) is 6.49. The van der Waals surface area contributed by atoms with E-state index in [0.717, 1.165) is 28.7 Å². The molecular weight excluding hydrogens is 475 g/mol. The standard InChI is InChI=1S/C26H23FN8O2/c1-17(18-3-6-25(30-11-18)34-15-21(27)14-32-34)33(2)24-5-4-19(12-29-24)23-9-22(37-8-7-36)16-35-26(23)20(10-28)13-31-35/h3-6,9,11-17,36H,7-8H2,1-2H3/t17-/m0/s1. The average Bonchev–Trinajstić information content (AvgIpc) is 3.56. The fourth-order valence-electron chi connectivity index (χ4n) is 4.02. The van der Waals surface area contributed by atoms with Gasteiger partial charge in [-0.1, -0.05) is 6.07 Å². The van der Waals surface area contributed by atoms with E-state index < -0.39 is 5.82 Å². The quantitative estimate of drug-likeness (QED) is 0.345. The highest BCUT2D eigenvalue weighted by Gasteiger charge is 2.17. The van der Waals surface area contributed by atoms with E-state index in [1.54, 1.807) is 29.2 Å². The van der Waals surface area contributed by atoms with Gasteiger partial charge in [-0.15, -0.1) is 0 Å². The summed E-state index contributed by atoms with van der Waals surface area (Å²) in [5.74, 6) is 1.37. The first kappa shape index (κ1) is 23.9. The maximum atomic E-state index is 13.3. The van der Waals surface area contributed by atoms with Crippen LogP contribution in [0.3, 0.4) is 0 Å². The molecule has 5 aromatic rings. The van der Waals surface area contributed by atoms with Crippen molar-refractivity contribution in [1.29, 1.82) is 5.26 Å². The van der Waals surface area contributed by atoms with Gasteiger partial charge < -0.3 is 14.7 Å². The van der Waals surface area contributed by atoms with Crippen molar-refractivity contribution in [2.45, 2.75) is 13.0 Å². The van der Waals surface area contributed by atoms with E-state index in [0.29, 0.717) is 22.6 Å². The Hall–Kier alpha value is -4.82. The van der Waals surface area contributed by atoms with Crippen LogP contribution in [-0.2, 0) is 0 Å². The third kappa shape index (κ3) is 4.70. The number of pyridine rings is 3. The van der Waals surface area contributed by atoms with Gasteiger partial charge in [0.15, 0.2) is 11.6 Å². The highest BCUT2D eigenvalue weighted by atomic mass is 19.1. The van der Waals surface area contributed by atoms with Crippen molar-refractivity contribution >= 4 is 11.3 Å². The lowest BCUT2D eigenvalue weighted by molar-refractivity contribution is 0.201. The number of nitriles is 1. The number of anilines is 1. The number of halogens is 1. The zero-order valence-corrected chi connectivity index (χ0v) is 20.2. The predicted molar refractivity (Wildman–Crippen MR) is 134 cm³/mol. The second-order valence-electron chi connectivity index (χ2n) is 8.37. The van der Waals surface area contributed by atoms with Gasteiger partial charge in [0, 0.05) is 30.6 Å². The van der Waals surface area contributed by atoms with Crippen molar-refractivity contribution in [2.24, 2.45) is 0 Å². The molecule has 1 N–H and O–H groups in total. The van der Waals surface area contributed by atoms with E-state index in [9.17, 15) is 9.65 Å². The number of hydrogen-bond donors (Lipinski definition) is 1. The molecular formula is C26H23FN8O2. The van der Waals surface area contributed by atoms with Crippen LogP contribution < -0.4 is 9.64 Å². The topological polar surface area (TPSA) is 117 Å². The molecule has 0 fully saturated rings. The Balaban J connectivity index is 1.40. The maximum absolute atomic E-state index is 13.3. The maximum Gasteiger partial charge on any atom is 0.161 e. The van der Waals surface area contributed by atoms with Crippen LogP contribution in [0.5, 0.6) is 5.75 Å². The summed E-state index contributed by atoms with van der Waals surface area (Å²) in [6, 6.07) is 11.5. The number of ether oxygens (including phenoxy) is 1. The van der Waals surface area contributed by atoms with Crippen molar-refractivity contribution < 1.29 is 14.2 Å². The number of aromatic nitrogens is 6. The molecule has 5 heterocycles. The van der Waals surface area contributed by atoms with Gasteiger partial charge in [0.05, 0.1) is 48.5 Å². The van der Waals surface area contributed by atoms with Crippen LogP contribution in [0, 0.1) is 17.1 Å². The van der Waals surface area contributed by atoms with Crippen molar-refractivity contribution in [3.63, 3.8) is 0 Å². The summed E-state index contributed by atoms with van der Waals surface area (Å²) in [4.78, 5) is 11.1. The van der Waals surface area contributed by atoms with E-state index >= 15 is 0 Å². The molecule has 0 saturated carbocycles. The minimum Gasteiger partial charge on any atom is -0.490 e. The molecule has 0 unspecified atom stereocenters. The number of fused-ring (bicyclic) bond motifs is 1. The molecule has 0 radical (unpaired) electrons. The third-order valence-corrected chi connectivity index (χ3v) is 6.11. The summed E-state index contributed by atoms with van der Waals surface area (Å²) < 4.78 is 21.8. The fourth-order valence-corrected chi connectivity index (χ4v) is 4.02. The van der Waals surface area contributed by atoms with E-state index in [1.807, 2.05) is 43.1 Å². The van der Waals surface area contributed by atoms with E-state index in [2.05, 4.69) is 26.2 Å². The molecule has 11 heteroatoms. The first-order valence-corrected chi connectivity index (χ1v) is 11.5. The minimum atomic E-state index is -0.421. The van der Waals surface area contributed by atoms with Gasteiger partial charge in [-0.2, -0.15) is 15.5 Å². The zero-order valence-electron chi connectivity index (χ0n) is 20.2. The molecule has 0 aliphatic rings. The first-order valence-electron chi connectivity index (χ1n) is 11.5. The van der Waals surface area contributed by atoms with Gasteiger partial charge in [0.1, 0.15) is 24.2 Å². The molecule has 5 rings (SSSR count). The number of nitrogens with zero attached hydrogens (tertiary/aromatic N) is 8. The van der Waals surface area contributed by atoms with Crippen LogP contribution in [0.1, 0.15) is 24.1 Å². The van der Waals surface area contributed by atoms with E-state index in [4.69, 9.17) is 9.84 Å². The summed E-state index contributed by atoms with van der Waals surface area (Å²) in [7, 11) is 1.94. The number of hydrogen-bond acceptors (Lipinski definition) is 8. The van der Waals surface area contributed by atoms with Crippen molar-refractivity contribution in [3.8, 4) is 28.8 Å². The highest BCUT2D eigenvalue weighted by molar-refractivity contribution is 5.85. The SMILES string of the molecule is C[C@@H](c1ccc(-n2cc(F)cn2)nc1)N(C)c1ccc(-c2cc(OCCO)cn3ncc(C#N)c23)cn1.